The molecule has 0 saturated heterocycles. The Kier molecular flexibility index (Phi) is 19.3. The molecule has 68 valence electrons. The number of aldehydes is 1. The summed E-state index contributed by atoms with van der Waals surface area (Å²) in [7, 11) is 0. The second kappa shape index (κ2) is 14.7. The van der Waals surface area contributed by atoms with E-state index in [1.165, 1.54) is 0 Å². The largest absolute Gasteiger partial charge is 1.00 e. The van der Waals surface area contributed by atoms with Crippen LogP contribution in [-0.2, 0) is 14.3 Å². The molecule has 4 heteroatoms. The van der Waals surface area contributed by atoms with Crippen molar-refractivity contribution in [1.29, 1.82) is 0 Å². The van der Waals surface area contributed by atoms with Crippen molar-refractivity contribution in [3.05, 3.63) is 0 Å². The number of hydrogen-bond acceptors (Lipinski definition) is 3. The summed E-state index contributed by atoms with van der Waals surface area (Å²) in [5.41, 5.74) is 0. The van der Waals surface area contributed by atoms with Crippen LogP contribution < -0.4 is 51.4 Å². The summed E-state index contributed by atoms with van der Waals surface area (Å²) >= 11 is 0. The van der Waals surface area contributed by atoms with Gasteiger partial charge in [0, 0.05) is 6.61 Å². The van der Waals surface area contributed by atoms with Gasteiger partial charge in [-0.15, -0.1) is 0 Å². The van der Waals surface area contributed by atoms with Gasteiger partial charge in [-0.2, -0.15) is 0 Å². The molecule has 0 bridgehead atoms. The van der Waals surface area contributed by atoms with Crippen LogP contribution in [0.5, 0.6) is 0 Å². The van der Waals surface area contributed by atoms with Crippen molar-refractivity contribution < 1.29 is 67.1 Å². The third-order valence-electron chi connectivity index (χ3n) is 1.20. The summed E-state index contributed by atoms with van der Waals surface area (Å²) in [5, 5.41) is 0. The van der Waals surface area contributed by atoms with E-state index in [0.29, 0.717) is 13.2 Å². The van der Waals surface area contributed by atoms with Gasteiger partial charge < -0.3 is 15.7 Å². The fourth-order valence-electron chi connectivity index (χ4n) is 0.598. The summed E-state index contributed by atoms with van der Waals surface area (Å²) in [6, 6.07) is 0. The minimum Gasteiger partial charge on any atom is -1.00 e. The van der Waals surface area contributed by atoms with Crippen molar-refractivity contribution in [3.8, 4) is 0 Å². The monoisotopic (exact) mass is 200 g/mol. The van der Waals surface area contributed by atoms with Crippen molar-refractivity contribution in [2.24, 2.45) is 0 Å². The van der Waals surface area contributed by atoms with Gasteiger partial charge in [-0.25, -0.2) is 0 Å². The van der Waals surface area contributed by atoms with Crippen molar-refractivity contribution in [3.63, 3.8) is 0 Å². The molecular formula is C8H17KO3. The van der Waals surface area contributed by atoms with Crippen molar-refractivity contribution in [1.82, 2.24) is 0 Å². The second-order valence-corrected chi connectivity index (χ2v) is 2.21. The molecule has 0 fully saturated rings. The Morgan fingerprint density at radius 3 is 2.50 bits per heavy atom. The van der Waals surface area contributed by atoms with E-state index < -0.39 is 0 Å². The van der Waals surface area contributed by atoms with E-state index in [1.54, 1.807) is 0 Å². The molecule has 0 spiro atoms. The van der Waals surface area contributed by atoms with Gasteiger partial charge >= 0.3 is 51.4 Å². The van der Waals surface area contributed by atoms with Gasteiger partial charge in [0.25, 0.3) is 0 Å². The SMILES string of the molecule is CCCCOCCOCC=O.[H-].[K+]. The van der Waals surface area contributed by atoms with Crippen molar-refractivity contribution in [2.45, 2.75) is 19.8 Å². The van der Waals surface area contributed by atoms with E-state index >= 15 is 0 Å². The first kappa shape index (κ1) is 15.7. The number of rotatable bonds is 8. The summed E-state index contributed by atoms with van der Waals surface area (Å²) in [4.78, 5) is 9.77. The first-order valence-corrected chi connectivity index (χ1v) is 4.01. The third kappa shape index (κ3) is 13.8. The molecule has 0 atom stereocenters. The van der Waals surface area contributed by atoms with Crippen LogP contribution >= 0.6 is 0 Å². The van der Waals surface area contributed by atoms with Crippen LogP contribution in [0.3, 0.4) is 0 Å². The zero-order valence-electron chi connectivity index (χ0n) is 9.04. The first-order valence-electron chi connectivity index (χ1n) is 4.01. The van der Waals surface area contributed by atoms with Gasteiger partial charge in [0.15, 0.2) is 0 Å². The van der Waals surface area contributed by atoms with Crippen LogP contribution in [0.2, 0.25) is 0 Å². The predicted octanol–water partition coefficient (Wildman–Crippen LogP) is -1.86. The molecule has 0 unspecified atom stereocenters. The Labute approximate surface area is 118 Å². The fraction of sp³-hybridized carbons (Fsp3) is 0.875. The topological polar surface area (TPSA) is 35.5 Å². The molecule has 0 aromatic heterocycles. The summed E-state index contributed by atoms with van der Waals surface area (Å²) < 4.78 is 10.0. The maximum absolute atomic E-state index is 9.77. The number of hydrogen-bond donors (Lipinski definition) is 0. The van der Waals surface area contributed by atoms with Crippen molar-refractivity contribution in [2.75, 3.05) is 26.4 Å². The Bertz CT molecular complexity index is 93.5. The van der Waals surface area contributed by atoms with E-state index in [9.17, 15) is 4.79 Å². The standard InChI is InChI=1S/C8H16O3.K.H/c1-2-3-5-10-7-8-11-6-4-9;;/h4H,2-3,5-8H2,1H3;;/q;+1;-1. The number of carbonyl (C=O) groups excluding carboxylic acids is 1. The molecule has 0 amide bonds. The first-order chi connectivity index (χ1) is 5.41. The smallest absolute Gasteiger partial charge is 1.00 e. The van der Waals surface area contributed by atoms with Crippen LogP contribution in [-0.4, -0.2) is 32.7 Å². The van der Waals surface area contributed by atoms with Gasteiger partial charge in [-0.1, -0.05) is 13.3 Å². The minimum absolute atomic E-state index is 0. The average molecular weight is 200 g/mol. The fourth-order valence-corrected chi connectivity index (χ4v) is 0.598. The summed E-state index contributed by atoms with van der Waals surface area (Å²) in [6.07, 6.45) is 2.98. The number of unbranched alkanes of at least 4 members (excludes halogenated alkanes) is 1. The molecule has 0 aliphatic heterocycles. The van der Waals surface area contributed by atoms with Gasteiger partial charge in [0.05, 0.1) is 13.2 Å². The maximum atomic E-state index is 9.77. The summed E-state index contributed by atoms with van der Waals surface area (Å²) in [5.74, 6) is 0. The van der Waals surface area contributed by atoms with Crippen LogP contribution in [0.15, 0.2) is 0 Å². The number of carbonyl (C=O) groups is 1. The normalized spacial score (nSPS) is 9.08. The minimum atomic E-state index is 0. The molecule has 12 heavy (non-hydrogen) atoms. The Hall–Kier alpha value is 1.23. The Morgan fingerprint density at radius 1 is 1.25 bits per heavy atom. The maximum Gasteiger partial charge on any atom is 1.00 e. The quantitative estimate of drug-likeness (QED) is 0.262. The molecule has 3 nitrogen and oxygen atoms in total. The zero-order chi connectivity index (χ0) is 8.36. The van der Waals surface area contributed by atoms with Crippen LogP contribution in [0.25, 0.3) is 0 Å². The molecule has 0 aliphatic rings. The van der Waals surface area contributed by atoms with Gasteiger partial charge in [-0.3, -0.25) is 0 Å². The van der Waals surface area contributed by atoms with E-state index in [-0.39, 0.29) is 59.4 Å². The molecule has 0 saturated carbocycles. The van der Waals surface area contributed by atoms with E-state index in [0.717, 1.165) is 25.7 Å². The number of ether oxygens (including phenoxy) is 2. The van der Waals surface area contributed by atoms with Gasteiger partial charge in [-0.05, 0) is 6.42 Å². The van der Waals surface area contributed by atoms with Gasteiger partial charge in [0.2, 0.25) is 0 Å². The molecule has 0 aromatic carbocycles. The molecule has 0 radical (unpaired) electrons. The van der Waals surface area contributed by atoms with Crippen LogP contribution in [0.4, 0.5) is 0 Å². The average Bonchev–Trinajstić information content (AvgIpc) is 2.03. The second-order valence-electron chi connectivity index (χ2n) is 2.21. The Morgan fingerprint density at radius 2 is 1.92 bits per heavy atom. The van der Waals surface area contributed by atoms with E-state index in [4.69, 9.17) is 9.47 Å². The summed E-state index contributed by atoms with van der Waals surface area (Å²) in [6.45, 7) is 4.20. The molecule has 0 aromatic rings. The van der Waals surface area contributed by atoms with Crippen LogP contribution in [0, 0.1) is 0 Å². The predicted molar refractivity (Wildman–Crippen MR) is 43.7 cm³/mol. The van der Waals surface area contributed by atoms with Crippen LogP contribution in [0.1, 0.15) is 21.2 Å². The Balaban J connectivity index is -0.000000500. The molecule has 0 N–H and O–H groups in total. The van der Waals surface area contributed by atoms with Crippen molar-refractivity contribution >= 4 is 6.29 Å². The van der Waals surface area contributed by atoms with Gasteiger partial charge in [0.1, 0.15) is 12.9 Å². The molecule has 0 heterocycles. The van der Waals surface area contributed by atoms with E-state index in [1.807, 2.05) is 0 Å². The molecule has 0 rings (SSSR count). The molecule has 0 aliphatic carbocycles. The third-order valence-corrected chi connectivity index (χ3v) is 1.20. The molecular weight excluding hydrogens is 183 g/mol. The zero-order valence-corrected chi connectivity index (χ0v) is 11.2. The van der Waals surface area contributed by atoms with E-state index in [2.05, 4.69) is 6.92 Å².